The number of pyridine rings is 1. The van der Waals surface area contributed by atoms with Crippen molar-refractivity contribution in [1.82, 2.24) is 19.7 Å². The van der Waals surface area contributed by atoms with Crippen LogP contribution < -0.4 is 4.74 Å². The van der Waals surface area contributed by atoms with Crippen LogP contribution in [0.2, 0.25) is 0 Å². The van der Waals surface area contributed by atoms with E-state index in [0.29, 0.717) is 0 Å². The van der Waals surface area contributed by atoms with Gasteiger partial charge in [0.05, 0.1) is 25.1 Å². The van der Waals surface area contributed by atoms with Gasteiger partial charge in [0, 0.05) is 43.6 Å². The molecule has 0 N–H and O–H groups in total. The van der Waals surface area contributed by atoms with E-state index in [0.717, 1.165) is 62.0 Å². The van der Waals surface area contributed by atoms with Crippen molar-refractivity contribution in [3.8, 4) is 5.75 Å². The highest BCUT2D eigenvalue weighted by Crippen LogP contribution is 2.25. The second-order valence-electron chi connectivity index (χ2n) is 8.26. The molecule has 1 atom stereocenters. The maximum absolute atomic E-state index is 6.14. The van der Waals surface area contributed by atoms with Crippen LogP contribution >= 0.6 is 0 Å². The van der Waals surface area contributed by atoms with Gasteiger partial charge in [0.15, 0.2) is 0 Å². The van der Waals surface area contributed by atoms with Crippen LogP contribution in [-0.4, -0.2) is 46.5 Å². The Balaban J connectivity index is 1.47. The molecule has 0 saturated carbocycles. The summed E-state index contributed by atoms with van der Waals surface area (Å²) in [5.41, 5.74) is 6.97. The SMILES string of the molecule is CCn1cc(CN2CCO[C@@H](c3cc(Cc4ccc(OC)cc4)cc(C)n3)C2)c(C)n1. The van der Waals surface area contributed by atoms with Crippen molar-refractivity contribution in [3.63, 3.8) is 0 Å². The Hall–Kier alpha value is -2.70. The second-order valence-corrected chi connectivity index (χ2v) is 8.26. The number of morpholine rings is 1. The van der Waals surface area contributed by atoms with E-state index < -0.39 is 0 Å². The number of nitrogens with zero attached hydrogens (tertiary/aromatic N) is 4. The van der Waals surface area contributed by atoms with Gasteiger partial charge in [0.1, 0.15) is 11.9 Å². The molecule has 164 valence electrons. The number of ether oxygens (including phenoxy) is 2. The van der Waals surface area contributed by atoms with Crippen molar-refractivity contribution in [2.75, 3.05) is 26.8 Å². The maximum atomic E-state index is 6.14. The summed E-state index contributed by atoms with van der Waals surface area (Å²) in [4.78, 5) is 7.26. The maximum Gasteiger partial charge on any atom is 0.118 e. The zero-order chi connectivity index (χ0) is 21.8. The molecule has 1 aliphatic rings. The Morgan fingerprint density at radius 1 is 1.13 bits per heavy atom. The second kappa shape index (κ2) is 9.62. The van der Waals surface area contributed by atoms with Gasteiger partial charge in [-0.1, -0.05) is 12.1 Å². The lowest BCUT2D eigenvalue weighted by Gasteiger charge is -2.32. The molecule has 1 fully saturated rings. The molecule has 0 amide bonds. The van der Waals surface area contributed by atoms with Crippen molar-refractivity contribution in [2.45, 2.75) is 46.4 Å². The fourth-order valence-corrected chi connectivity index (χ4v) is 4.16. The highest BCUT2D eigenvalue weighted by molar-refractivity contribution is 5.33. The molecule has 6 heteroatoms. The number of aryl methyl sites for hydroxylation is 3. The van der Waals surface area contributed by atoms with E-state index >= 15 is 0 Å². The molecule has 4 rings (SSSR count). The number of rotatable bonds is 7. The summed E-state index contributed by atoms with van der Waals surface area (Å²) in [5.74, 6) is 0.880. The summed E-state index contributed by atoms with van der Waals surface area (Å²) in [6.07, 6.45) is 3.02. The normalized spacial score (nSPS) is 17.1. The lowest BCUT2D eigenvalue weighted by atomic mass is 10.0. The van der Waals surface area contributed by atoms with Crippen LogP contribution in [0.3, 0.4) is 0 Å². The third-order valence-corrected chi connectivity index (χ3v) is 5.85. The summed E-state index contributed by atoms with van der Waals surface area (Å²) >= 11 is 0. The van der Waals surface area contributed by atoms with Gasteiger partial charge in [-0.05, 0) is 62.6 Å². The van der Waals surface area contributed by atoms with E-state index in [-0.39, 0.29) is 6.10 Å². The third-order valence-electron chi connectivity index (χ3n) is 5.85. The van der Waals surface area contributed by atoms with Crippen LogP contribution in [0.5, 0.6) is 5.75 Å². The Bertz CT molecular complexity index is 1010. The van der Waals surface area contributed by atoms with Crippen LogP contribution in [0.1, 0.15) is 46.8 Å². The fourth-order valence-electron chi connectivity index (χ4n) is 4.16. The lowest BCUT2D eigenvalue weighted by molar-refractivity contribution is -0.0351. The van der Waals surface area contributed by atoms with Crippen LogP contribution in [0.25, 0.3) is 0 Å². The van der Waals surface area contributed by atoms with E-state index in [4.69, 9.17) is 14.5 Å². The molecule has 3 aromatic rings. The summed E-state index contributed by atoms with van der Waals surface area (Å²) in [6.45, 7) is 10.6. The molecule has 1 aliphatic heterocycles. The van der Waals surface area contributed by atoms with Gasteiger partial charge in [-0.15, -0.1) is 0 Å². The van der Waals surface area contributed by atoms with E-state index in [2.05, 4.69) is 61.2 Å². The van der Waals surface area contributed by atoms with Gasteiger partial charge in [0.2, 0.25) is 0 Å². The van der Waals surface area contributed by atoms with Crippen LogP contribution in [0.15, 0.2) is 42.6 Å². The molecular formula is C25H32N4O2. The molecular weight excluding hydrogens is 388 g/mol. The molecule has 3 heterocycles. The van der Waals surface area contributed by atoms with Crippen molar-refractivity contribution in [2.24, 2.45) is 0 Å². The molecule has 0 bridgehead atoms. The fraction of sp³-hybridized carbons (Fsp3) is 0.440. The van der Waals surface area contributed by atoms with Gasteiger partial charge >= 0.3 is 0 Å². The van der Waals surface area contributed by atoms with Crippen molar-refractivity contribution >= 4 is 0 Å². The number of benzene rings is 1. The largest absolute Gasteiger partial charge is 0.497 e. The average molecular weight is 421 g/mol. The van der Waals surface area contributed by atoms with E-state index in [1.165, 1.54) is 16.7 Å². The molecule has 6 nitrogen and oxygen atoms in total. The number of hydrogen-bond acceptors (Lipinski definition) is 5. The molecule has 2 aromatic heterocycles. The van der Waals surface area contributed by atoms with Crippen LogP contribution in [0.4, 0.5) is 0 Å². The monoisotopic (exact) mass is 420 g/mol. The molecule has 0 radical (unpaired) electrons. The number of methoxy groups -OCH3 is 1. The number of aromatic nitrogens is 3. The first-order valence-electron chi connectivity index (χ1n) is 11.0. The summed E-state index contributed by atoms with van der Waals surface area (Å²) < 4.78 is 13.4. The highest BCUT2D eigenvalue weighted by atomic mass is 16.5. The van der Waals surface area contributed by atoms with E-state index in [1.54, 1.807) is 7.11 Å². The summed E-state index contributed by atoms with van der Waals surface area (Å²) in [5, 5.41) is 4.58. The van der Waals surface area contributed by atoms with Crippen molar-refractivity contribution < 1.29 is 9.47 Å². The van der Waals surface area contributed by atoms with Gasteiger partial charge in [-0.3, -0.25) is 14.6 Å². The van der Waals surface area contributed by atoms with Crippen LogP contribution in [0, 0.1) is 13.8 Å². The quantitative estimate of drug-likeness (QED) is 0.576. The van der Waals surface area contributed by atoms with Crippen molar-refractivity contribution in [1.29, 1.82) is 0 Å². The minimum absolute atomic E-state index is 0.00945. The Morgan fingerprint density at radius 3 is 2.65 bits per heavy atom. The van der Waals surface area contributed by atoms with Crippen LogP contribution in [-0.2, 0) is 24.2 Å². The first-order valence-corrected chi connectivity index (χ1v) is 11.0. The van der Waals surface area contributed by atoms with Gasteiger partial charge in [-0.25, -0.2) is 0 Å². The van der Waals surface area contributed by atoms with E-state index in [1.807, 2.05) is 16.8 Å². The minimum atomic E-state index is -0.00945. The molecule has 0 spiro atoms. The molecule has 0 aliphatic carbocycles. The Morgan fingerprint density at radius 2 is 1.94 bits per heavy atom. The zero-order valence-corrected chi connectivity index (χ0v) is 19.0. The van der Waals surface area contributed by atoms with Gasteiger partial charge < -0.3 is 9.47 Å². The first-order chi connectivity index (χ1) is 15.0. The Kier molecular flexibility index (Phi) is 6.68. The predicted molar refractivity (Wildman–Crippen MR) is 121 cm³/mol. The predicted octanol–water partition coefficient (Wildman–Crippen LogP) is 4.09. The molecule has 1 aromatic carbocycles. The summed E-state index contributed by atoms with van der Waals surface area (Å²) in [6, 6.07) is 12.6. The molecule has 31 heavy (non-hydrogen) atoms. The topological polar surface area (TPSA) is 52.4 Å². The zero-order valence-electron chi connectivity index (χ0n) is 19.0. The third kappa shape index (κ3) is 5.32. The average Bonchev–Trinajstić information content (AvgIpc) is 3.13. The van der Waals surface area contributed by atoms with Crippen molar-refractivity contribution in [3.05, 3.63) is 76.4 Å². The first kappa shape index (κ1) is 21.5. The van der Waals surface area contributed by atoms with Gasteiger partial charge in [-0.2, -0.15) is 5.10 Å². The highest BCUT2D eigenvalue weighted by Gasteiger charge is 2.24. The number of hydrogen-bond donors (Lipinski definition) is 0. The molecule has 0 unspecified atom stereocenters. The summed E-state index contributed by atoms with van der Waals surface area (Å²) in [7, 11) is 1.69. The Labute approximate surface area is 184 Å². The minimum Gasteiger partial charge on any atom is -0.497 e. The van der Waals surface area contributed by atoms with Gasteiger partial charge in [0.25, 0.3) is 0 Å². The standard InChI is InChI=1S/C25H32N4O2/c1-5-29-16-22(19(3)27-29)15-28-10-11-31-25(17-28)24-14-21(12-18(2)26-24)13-20-6-8-23(30-4)9-7-20/h6-9,12,14,16,25H,5,10-11,13,15,17H2,1-4H3/t25-/m1/s1. The van der Waals surface area contributed by atoms with E-state index in [9.17, 15) is 0 Å². The molecule has 1 saturated heterocycles. The smallest absolute Gasteiger partial charge is 0.118 e. The lowest BCUT2D eigenvalue weighted by Crippen LogP contribution is -2.38.